The number of pyridine rings is 1. The Morgan fingerprint density at radius 2 is 1.88 bits per heavy atom. The van der Waals surface area contributed by atoms with Gasteiger partial charge in [-0.15, -0.1) is 0 Å². The van der Waals surface area contributed by atoms with Gasteiger partial charge in [0.2, 0.25) is 0 Å². The van der Waals surface area contributed by atoms with Crippen LogP contribution in [0.4, 0.5) is 11.4 Å². The lowest BCUT2D eigenvalue weighted by Crippen LogP contribution is -2.43. The molecule has 1 aromatic carbocycles. The van der Waals surface area contributed by atoms with Crippen LogP contribution in [0.15, 0.2) is 55.2 Å². The second-order valence-electron chi connectivity index (χ2n) is 10.7. The number of amides is 1. The summed E-state index contributed by atoms with van der Waals surface area (Å²) < 4.78 is 9.68. The highest BCUT2D eigenvalue weighted by Gasteiger charge is 2.28. The molecule has 1 amide bonds. The SMILES string of the molecule is Cc1cn2cc(NC(=O)c3ccc(N4CCC(NC5CC5)CC4)c4cn(C)nc34)cc(Oc3ccnnc3)c2n1.[HH].[HH]. The van der Waals surface area contributed by atoms with Crippen molar-refractivity contribution in [2.75, 3.05) is 23.3 Å². The third-order valence-electron chi connectivity index (χ3n) is 7.58. The standard InChI is InChI=1S/C29H31N9O2.2H2/c1-18-15-38-16-21(13-26(28(38)32-18)40-22-7-10-30-31-14-22)34-29(39)23-5-6-25(24-17-36(2)35-27(23)24)37-11-8-20(9-12-37)33-19-3-4-19;;/h5-7,10,13-17,19-20,33H,3-4,8-9,11-12H2,1-2H3,(H,34,39);2*1H. The van der Waals surface area contributed by atoms with Gasteiger partial charge in [0, 0.05) is 76.9 Å². The largest absolute Gasteiger partial charge is 0.452 e. The number of fused-ring (bicyclic) bond motifs is 2. The summed E-state index contributed by atoms with van der Waals surface area (Å²) in [4.78, 5) is 20.6. The van der Waals surface area contributed by atoms with Crippen molar-refractivity contribution in [3.8, 4) is 11.5 Å². The fraction of sp³-hybridized carbons (Fsp3) is 0.345. The third-order valence-corrected chi connectivity index (χ3v) is 7.58. The van der Waals surface area contributed by atoms with Gasteiger partial charge in [0.1, 0.15) is 11.3 Å². The Balaban J connectivity index is 0.00000176. The zero-order valence-corrected chi connectivity index (χ0v) is 22.5. The maximum absolute atomic E-state index is 13.6. The van der Waals surface area contributed by atoms with Crippen molar-refractivity contribution in [2.45, 2.75) is 44.7 Å². The number of carbonyl (C=O) groups excluding carboxylic acids is 1. The number of aryl methyl sites for hydroxylation is 2. The molecule has 11 heteroatoms. The van der Waals surface area contributed by atoms with Crippen LogP contribution in [-0.2, 0) is 7.05 Å². The predicted octanol–water partition coefficient (Wildman–Crippen LogP) is 4.58. The highest BCUT2D eigenvalue weighted by Crippen LogP contribution is 2.33. The van der Waals surface area contributed by atoms with Gasteiger partial charge >= 0.3 is 0 Å². The minimum absolute atomic E-state index is 0. The Kier molecular flexibility index (Phi) is 6.07. The first-order chi connectivity index (χ1) is 19.5. The number of anilines is 2. The number of hydrogen-bond acceptors (Lipinski definition) is 8. The topological polar surface area (TPSA) is 114 Å². The van der Waals surface area contributed by atoms with Gasteiger partial charge in [0.25, 0.3) is 5.91 Å². The number of piperidine rings is 1. The maximum atomic E-state index is 13.6. The van der Waals surface area contributed by atoms with Crippen molar-refractivity contribution >= 4 is 33.8 Å². The molecular weight excluding hydrogens is 506 g/mol. The van der Waals surface area contributed by atoms with E-state index in [4.69, 9.17) is 4.74 Å². The Hall–Kier alpha value is -4.51. The van der Waals surface area contributed by atoms with E-state index in [0.29, 0.717) is 40.0 Å². The molecule has 5 heterocycles. The summed E-state index contributed by atoms with van der Waals surface area (Å²) in [5, 5.41) is 20.2. The number of carbonyl (C=O) groups is 1. The summed E-state index contributed by atoms with van der Waals surface area (Å²) in [6, 6.07) is 8.75. The van der Waals surface area contributed by atoms with Crippen LogP contribution < -0.4 is 20.3 Å². The van der Waals surface area contributed by atoms with Gasteiger partial charge in [0.15, 0.2) is 11.4 Å². The van der Waals surface area contributed by atoms with Gasteiger partial charge in [-0.2, -0.15) is 15.3 Å². The molecule has 5 aromatic rings. The van der Waals surface area contributed by atoms with Gasteiger partial charge < -0.3 is 24.7 Å². The smallest absolute Gasteiger partial charge is 0.257 e. The molecule has 1 aliphatic heterocycles. The quantitative estimate of drug-likeness (QED) is 0.308. The fourth-order valence-corrected chi connectivity index (χ4v) is 5.53. The first-order valence-electron chi connectivity index (χ1n) is 13.7. The molecule has 0 atom stereocenters. The molecule has 2 aliphatic rings. The molecule has 1 saturated heterocycles. The molecule has 7 rings (SSSR count). The lowest BCUT2D eigenvalue weighted by molar-refractivity contribution is 0.102. The third kappa shape index (κ3) is 4.84. The van der Waals surface area contributed by atoms with Crippen LogP contribution in [0.2, 0.25) is 0 Å². The molecule has 4 aromatic heterocycles. The first kappa shape index (κ1) is 24.5. The van der Waals surface area contributed by atoms with E-state index in [1.807, 2.05) is 43.0 Å². The van der Waals surface area contributed by atoms with Crippen molar-refractivity contribution in [3.63, 3.8) is 0 Å². The van der Waals surface area contributed by atoms with E-state index in [-0.39, 0.29) is 8.76 Å². The number of rotatable bonds is 7. The zero-order valence-electron chi connectivity index (χ0n) is 22.5. The van der Waals surface area contributed by atoms with Crippen molar-refractivity contribution in [3.05, 3.63) is 66.5 Å². The van der Waals surface area contributed by atoms with Crippen LogP contribution in [0.3, 0.4) is 0 Å². The van der Waals surface area contributed by atoms with Crippen molar-refractivity contribution in [1.82, 2.24) is 34.7 Å². The summed E-state index contributed by atoms with van der Waals surface area (Å²) in [6.07, 6.45) is 13.7. The zero-order chi connectivity index (χ0) is 27.2. The second-order valence-corrected chi connectivity index (χ2v) is 10.7. The van der Waals surface area contributed by atoms with Crippen LogP contribution in [-0.4, -0.2) is 60.4 Å². The average molecular weight is 542 g/mol. The summed E-state index contributed by atoms with van der Waals surface area (Å²) in [5.41, 5.74) is 4.38. The monoisotopic (exact) mass is 541 g/mol. The number of nitrogens with zero attached hydrogens (tertiary/aromatic N) is 7. The lowest BCUT2D eigenvalue weighted by atomic mass is 10.0. The molecular formula is C29H35N9O2. The Morgan fingerprint density at radius 3 is 2.65 bits per heavy atom. The lowest BCUT2D eigenvalue weighted by Gasteiger charge is -2.34. The van der Waals surface area contributed by atoms with Crippen LogP contribution in [0.25, 0.3) is 16.6 Å². The summed E-state index contributed by atoms with van der Waals surface area (Å²) in [5.74, 6) is 0.784. The van der Waals surface area contributed by atoms with Gasteiger partial charge in [-0.25, -0.2) is 4.98 Å². The van der Waals surface area contributed by atoms with Crippen LogP contribution in [0, 0.1) is 6.92 Å². The number of aromatic nitrogens is 6. The Labute approximate surface area is 234 Å². The van der Waals surface area contributed by atoms with Crippen molar-refractivity contribution in [1.29, 1.82) is 0 Å². The van der Waals surface area contributed by atoms with E-state index in [0.717, 1.165) is 48.7 Å². The summed E-state index contributed by atoms with van der Waals surface area (Å²) in [6.45, 7) is 3.88. The highest BCUT2D eigenvalue weighted by atomic mass is 16.5. The molecule has 0 spiro atoms. The number of hydrogen-bond donors (Lipinski definition) is 2. The van der Waals surface area contributed by atoms with E-state index in [2.05, 4.69) is 41.9 Å². The minimum atomic E-state index is -0.240. The maximum Gasteiger partial charge on any atom is 0.257 e. The van der Waals surface area contributed by atoms with Crippen LogP contribution >= 0.6 is 0 Å². The van der Waals surface area contributed by atoms with Gasteiger partial charge in [-0.1, -0.05) is 0 Å². The highest BCUT2D eigenvalue weighted by molar-refractivity contribution is 6.14. The van der Waals surface area contributed by atoms with Gasteiger partial charge in [0.05, 0.1) is 29.3 Å². The fourth-order valence-electron chi connectivity index (χ4n) is 5.53. The van der Waals surface area contributed by atoms with Gasteiger partial charge in [-0.3, -0.25) is 9.48 Å². The molecule has 208 valence electrons. The number of nitrogens with one attached hydrogen (secondary N) is 2. The Morgan fingerprint density at radius 1 is 1.05 bits per heavy atom. The van der Waals surface area contributed by atoms with Crippen LogP contribution in [0.1, 0.15) is 44.6 Å². The Bertz CT molecular complexity index is 1710. The van der Waals surface area contributed by atoms with E-state index in [1.54, 1.807) is 23.0 Å². The van der Waals surface area contributed by atoms with E-state index in [9.17, 15) is 4.79 Å². The van der Waals surface area contributed by atoms with E-state index >= 15 is 0 Å². The minimum Gasteiger partial charge on any atom is -0.452 e. The van der Waals surface area contributed by atoms with Crippen molar-refractivity contribution in [2.24, 2.45) is 7.05 Å². The number of imidazole rings is 1. The normalized spacial score (nSPS) is 16.1. The molecule has 40 heavy (non-hydrogen) atoms. The van der Waals surface area contributed by atoms with E-state index in [1.165, 1.54) is 19.0 Å². The molecule has 1 aliphatic carbocycles. The summed E-state index contributed by atoms with van der Waals surface area (Å²) >= 11 is 0. The van der Waals surface area contributed by atoms with Crippen molar-refractivity contribution < 1.29 is 12.4 Å². The molecule has 11 nitrogen and oxygen atoms in total. The van der Waals surface area contributed by atoms with Gasteiger partial charge in [-0.05, 0) is 44.7 Å². The predicted molar refractivity (Wildman–Crippen MR) is 156 cm³/mol. The number of benzene rings is 1. The van der Waals surface area contributed by atoms with Crippen LogP contribution in [0.5, 0.6) is 11.5 Å². The summed E-state index contributed by atoms with van der Waals surface area (Å²) in [7, 11) is 1.89. The molecule has 2 N–H and O–H groups in total. The molecule has 1 saturated carbocycles. The number of ether oxygens (including phenoxy) is 1. The molecule has 2 fully saturated rings. The van der Waals surface area contributed by atoms with E-state index < -0.39 is 0 Å². The molecule has 0 unspecified atom stereocenters. The average Bonchev–Trinajstić information content (AvgIpc) is 3.54. The second kappa shape index (κ2) is 9.91. The first-order valence-corrected chi connectivity index (χ1v) is 13.7. The molecule has 0 radical (unpaired) electrons. The molecule has 0 bridgehead atoms.